The average molecular weight is 742 g/mol. The first-order valence-electron chi connectivity index (χ1n) is 19.0. The van der Waals surface area contributed by atoms with Crippen LogP contribution in [0.15, 0.2) is 79.0 Å². The second-order valence-electron chi connectivity index (χ2n) is 13.9. The Bertz CT molecular complexity index is 2330. The Hall–Kier alpha value is -6.17. The van der Waals surface area contributed by atoms with Gasteiger partial charge in [0.2, 0.25) is 11.8 Å². The number of aromatic amines is 2. The van der Waals surface area contributed by atoms with E-state index in [-0.39, 0.29) is 18.4 Å². The maximum absolute atomic E-state index is 14.0. The van der Waals surface area contributed by atoms with Crippen LogP contribution in [0, 0.1) is 0 Å². The first-order chi connectivity index (χ1) is 26.8. The number of nitrogens with zero attached hydrogens (tertiary/aromatic N) is 4. The zero-order chi connectivity index (χ0) is 38.5. The molecule has 12 nitrogen and oxygen atoms in total. The van der Waals surface area contributed by atoms with Gasteiger partial charge in [0.25, 0.3) is 0 Å². The number of ether oxygens (including phenoxy) is 2. The third-order valence-corrected chi connectivity index (χ3v) is 9.96. The Morgan fingerprint density at radius 2 is 1.65 bits per heavy atom. The highest BCUT2D eigenvalue weighted by Gasteiger charge is 2.29. The van der Waals surface area contributed by atoms with E-state index in [1.165, 1.54) is 7.11 Å². The largest absolute Gasteiger partial charge is 0.488 e. The number of aromatic nitrogens is 4. The normalized spacial score (nSPS) is 12.4. The molecule has 0 fully saturated rings. The number of amides is 3. The molecule has 12 heteroatoms. The monoisotopic (exact) mass is 741 g/mol. The predicted octanol–water partition coefficient (Wildman–Crippen LogP) is 8.04. The van der Waals surface area contributed by atoms with Crippen LogP contribution >= 0.6 is 0 Å². The summed E-state index contributed by atoms with van der Waals surface area (Å²) < 4.78 is 11.2. The highest BCUT2D eigenvalue weighted by atomic mass is 16.5. The van der Waals surface area contributed by atoms with Crippen LogP contribution in [0.1, 0.15) is 75.3 Å². The minimum Gasteiger partial charge on any atom is -0.488 e. The van der Waals surface area contributed by atoms with Crippen molar-refractivity contribution in [2.24, 2.45) is 0 Å². The topological polar surface area (TPSA) is 146 Å². The van der Waals surface area contributed by atoms with E-state index >= 15 is 0 Å². The number of alkyl carbamates (subject to hydrolysis) is 1. The van der Waals surface area contributed by atoms with Gasteiger partial charge in [-0.1, -0.05) is 69.3 Å². The van der Waals surface area contributed by atoms with E-state index in [1.807, 2.05) is 61.3 Å². The first kappa shape index (κ1) is 37.2. The van der Waals surface area contributed by atoms with Gasteiger partial charge in [0, 0.05) is 30.5 Å². The van der Waals surface area contributed by atoms with Gasteiger partial charge in [-0.3, -0.25) is 9.59 Å². The minimum absolute atomic E-state index is 0.155. The van der Waals surface area contributed by atoms with E-state index in [9.17, 15) is 14.4 Å². The number of benzene rings is 4. The summed E-state index contributed by atoms with van der Waals surface area (Å²) in [7, 11) is 1.28. The first-order valence-corrected chi connectivity index (χ1v) is 19.0. The number of carbonyl (C=O) groups is 3. The molecule has 0 radical (unpaired) electrons. The molecule has 0 bridgehead atoms. The molecule has 284 valence electrons. The number of hydrogen-bond donors (Lipinski definition) is 3. The highest BCUT2D eigenvalue weighted by molar-refractivity contribution is 6.07. The molecule has 3 amide bonds. The second kappa shape index (κ2) is 16.5. The van der Waals surface area contributed by atoms with Crippen LogP contribution in [0.25, 0.3) is 44.2 Å². The van der Waals surface area contributed by atoms with E-state index in [0.29, 0.717) is 44.0 Å². The van der Waals surface area contributed by atoms with Gasteiger partial charge >= 0.3 is 6.09 Å². The van der Waals surface area contributed by atoms with Crippen molar-refractivity contribution in [2.75, 3.05) is 20.2 Å². The van der Waals surface area contributed by atoms with Crippen molar-refractivity contribution in [3.8, 4) is 28.1 Å². The Kier molecular flexibility index (Phi) is 11.1. The average Bonchev–Trinajstić information content (AvgIpc) is 3.86. The molecule has 3 heterocycles. The lowest BCUT2D eigenvalue weighted by atomic mass is 9.92. The smallest absolute Gasteiger partial charge is 0.407 e. The lowest BCUT2D eigenvalue weighted by molar-refractivity contribution is -0.134. The lowest BCUT2D eigenvalue weighted by Gasteiger charge is -2.27. The fraction of sp³-hybridized carbons (Fsp3) is 0.326. The molecule has 0 aliphatic carbocycles. The van der Waals surface area contributed by atoms with Gasteiger partial charge in [-0.05, 0) is 71.2 Å². The van der Waals surface area contributed by atoms with Crippen molar-refractivity contribution >= 4 is 39.7 Å². The van der Waals surface area contributed by atoms with Crippen LogP contribution in [0.3, 0.4) is 0 Å². The third-order valence-electron chi connectivity index (χ3n) is 9.96. The van der Waals surface area contributed by atoms with Gasteiger partial charge in [0.05, 0.1) is 43.1 Å². The fourth-order valence-corrected chi connectivity index (χ4v) is 7.30. The maximum Gasteiger partial charge on any atom is 0.407 e. The predicted molar refractivity (Wildman–Crippen MR) is 212 cm³/mol. The Balaban J connectivity index is 1.13. The molecular weight excluding hydrogens is 695 g/mol. The van der Waals surface area contributed by atoms with Gasteiger partial charge in [-0.25, -0.2) is 14.8 Å². The van der Waals surface area contributed by atoms with Crippen LogP contribution in [0.5, 0.6) is 5.75 Å². The zero-order valence-corrected chi connectivity index (χ0v) is 31.8. The summed E-state index contributed by atoms with van der Waals surface area (Å²) in [4.78, 5) is 58.9. The minimum atomic E-state index is -0.909. The number of rotatable bonds is 14. The molecule has 6 aromatic rings. The van der Waals surface area contributed by atoms with Gasteiger partial charge in [-0.2, -0.15) is 0 Å². The summed E-state index contributed by atoms with van der Waals surface area (Å²) in [5.74, 6) is 2.10. The van der Waals surface area contributed by atoms with Gasteiger partial charge < -0.3 is 34.6 Å². The number of carbonyl (C=O) groups excluding carboxylic acids is 3. The van der Waals surface area contributed by atoms with Crippen molar-refractivity contribution in [1.29, 1.82) is 0 Å². The van der Waals surface area contributed by atoms with Crippen LogP contribution in [0.2, 0.25) is 0 Å². The summed E-state index contributed by atoms with van der Waals surface area (Å²) in [6.07, 6.45) is 4.14. The maximum atomic E-state index is 14.0. The number of nitrogens with one attached hydrogen (secondary N) is 3. The van der Waals surface area contributed by atoms with Gasteiger partial charge in [-0.15, -0.1) is 0 Å². The Labute approximate surface area is 320 Å². The number of methoxy groups -OCH3 is 1. The van der Waals surface area contributed by atoms with Crippen molar-refractivity contribution in [1.82, 2.24) is 35.1 Å². The standard InChI is InChI=1S/C43H47N7O5/c1-5-11-39(51)49(18-6-2)24-37-44-23-35(46-37)29-14-16-31-30(20-29)26-55-36-22-32-28(21-33(31)36)15-17-34-41(32)47-38(45-34)25-50(19-7-3)42(52)40(48-43(53)54-4)27-12-9-8-10-13-27/h8-10,12-17,20-23,40H,5-7,11,18-19,24-26H2,1-4H3,(H,44,46)(H,45,47)(H,48,53)/t40-/m1/s1. The lowest BCUT2D eigenvalue weighted by Crippen LogP contribution is -2.43. The second-order valence-corrected chi connectivity index (χ2v) is 13.9. The SMILES string of the molecule is CCCC(=O)N(CCC)Cc1ncc(-c2ccc3c(c2)COc2cc4c(ccc5nc(CN(CCC)C(=O)[C@H](NC(=O)OC)c6ccccc6)[nH]c54)cc2-3)[nH]1. The molecular formula is C43H47N7O5. The summed E-state index contributed by atoms with van der Waals surface area (Å²) >= 11 is 0. The molecule has 0 saturated carbocycles. The highest BCUT2D eigenvalue weighted by Crippen LogP contribution is 2.42. The molecule has 1 aliphatic heterocycles. The third kappa shape index (κ3) is 7.89. The number of imidazole rings is 2. The number of H-pyrrole nitrogens is 2. The zero-order valence-electron chi connectivity index (χ0n) is 31.8. The quantitative estimate of drug-likeness (QED) is 0.102. The molecule has 1 aliphatic rings. The van der Waals surface area contributed by atoms with E-state index in [4.69, 9.17) is 14.5 Å². The summed E-state index contributed by atoms with van der Waals surface area (Å²) in [5, 5.41) is 4.71. The molecule has 0 saturated heterocycles. The molecule has 55 heavy (non-hydrogen) atoms. The summed E-state index contributed by atoms with van der Waals surface area (Å²) in [6, 6.07) is 22.9. The van der Waals surface area contributed by atoms with E-state index < -0.39 is 12.1 Å². The van der Waals surface area contributed by atoms with E-state index in [2.05, 4.69) is 63.6 Å². The molecule has 3 N–H and O–H groups in total. The number of hydrogen-bond acceptors (Lipinski definition) is 7. The Morgan fingerprint density at radius 1 is 0.873 bits per heavy atom. The van der Waals surface area contributed by atoms with Crippen molar-refractivity contribution < 1.29 is 23.9 Å². The van der Waals surface area contributed by atoms with Crippen LogP contribution in [-0.2, 0) is 34.0 Å². The van der Waals surface area contributed by atoms with Crippen LogP contribution < -0.4 is 10.1 Å². The fourth-order valence-electron chi connectivity index (χ4n) is 7.30. The molecule has 1 atom stereocenters. The summed E-state index contributed by atoms with van der Waals surface area (Å²) in [6.45, 7) is 8.40. The molecule has 0 spiro atoms. The van der Waals surface area contributed by atoms with Crippen LogP contribution in [0.4, 0.5) is 4.79 Å². The van der Waals surface area contributed by atoms with Crippen molar-refractivity contribution in [3.63, 3.8) is 0 Å². The van der Waals surface area contributed by atoms with Crippen molar-refractivity contribution in [3.05, 3.63) is 102 Å². The van der Waals surface area contributed by atoms with Crippen molar-refractivity contribution in [2.45, 2.75) is 72.2 Å². The van der Waals surface area contributed by atoms with E-state index in [1.54, 1.807) is 4.90 Å². The molecule has 7 rings (SSSR count). The van der Waals surface area contributed by atoms with Crippen LogP contribution in [-0.4, -0.2) is 67.8 Å². The summed E-state index contributed by atoms with van der Waals surface area (Å²) in [5.41, 5.74) is 7.41. The van der Waals surface area contributed by atoms with Gasteiger partial charge in [0.1, 0.15) is 30.0 Å². The Morgan fingerprint density at radius 3 is 2.42 bits per heavy atom. The van der Waals surface area contributed by atoms with E-state index in [0.717, 1.165) is 80.6 Å². The molecule has 0 unspecified atom stereocenters. The molecule has 4 aromatic carbocycles. The molecule has 2 aromatic heterocycles. The number of fused-ring (bicyclic) bond motifs is 6. The van der Waals surface area contributed by atoms with Gasteiger partial charge in [0.15, 0.2) is 0 Å².